The molecule has 18 heavy (non-hydrogen) atoms. The van der Waals surface area contributed by atoms with Crippen LogP contribution in [0.4, 0.5) is 0 Å². The van der Waals surface area contributed by atoms with Gasteiger partial charge in [0, 0.05) is 34.2 Å². The summed E-state index contributed by atoms with van der Waals surface area (Å²) in [7, 11) is 0. The Morgan fingerprint density at radius 1 is 1.28 bits per heavy atom. The summed E-state index contributed by atoms with van der Waals surface area (Å²) in [5.41, 5.74) is 1.25. The van der Waals surface area contributed by atoms with Crippen LogP contribution in [0.2, 0.25) is 0 Å². The Morgan fingerprint density at radius 3 is 2.67 bits per heavy atom. The fraction of sp³-hybridized carbons (Fsp3) is 0.538. The summed E-state index contributed by atoms with van der Waals surface area (Å²) in [5.74, 6) is 0. The van der Waals surface area contributed by atoms with Crippen LogP contribution in [0, 0.1) is 6.92 Å². The lowest BCUT2D eigenvalue weighted by molar-refractivity contribution is 0.426. The maximum atomic E-state index is 4.47. The molecular formula is C13H19N3S2. The molecule has 98 valence electrons. The summed E-state index contributed by atoms with van der Waals surface area (Å²) in [5, 5.41) is 7.86. The minimum absolute atomic E-state index is 0.149. The van der Waals surface area contributed by atoms with Crippen LogP contribution < -0.4 is 5.32 Å². The van der Waals surface area contributed by atoms with Crippen molar-refractivity contribution < 1.29 is 0 Å². The van der Waals surface area contributed by atoms with Crippen molar-refractivity contribution in [1.82, 2.24) is 15.3 Å². The van der Waals surface area contributed by atoms with Gasteiger partial charge in [0.1, 0.15) is 0 Å². The molecule has 1 N–H and O–H groups in total. The molecule has 0 radical (unpaired) electrons. The summed E-state index contributed by atoms with van der Waals surface area (Å²) >= 11 is 3.48. The second-order valence-corrected chi connectivity index (χ2v) is 7.53. The van der Waals surface area contributed by atoms with Crippen LogP contribution in [0.15, 0.2) is 11.6 Å². The van der Waals surface area contributed by atoms with Gasteiger partial charge in [-0.2, -0.15) is 0 Å². The predicted octanol–water partition coefficient (Wildman–Crippen LogP) is 3.39. The summed E-state index contributed by atoms with van der Waals surface area (Å²) in [4.78, 5) is 10.2. The molecule has 2 rings (SSSR count). The Labute approximate surface area is 116 Å². The maximum Gasteiger partial charge on any atom is 0.0996 e. The predicted molar refractivity (Wildman–Crippen MR) is 78.4 cm³/mol. The van der Waals surface area contributed by atoms with Crippen molar-refractivity contribution in [2.24, 2.45) is 0 Å². The minimum Gasteiger partial charge on any atom is -0.307 e. The number of nitrogens with zero attached hydrogens (tertiary/aromatic N) is 2. The SMILES string of the molecule is Cc1csc(Cc2ncc(CNC(C)(C)C)s2)n1. The van der Waals surface area contributed by atoms with Crippen molar-refractivity contribution in [2.45, 2.75) is 46.2 Å². The quantitative estimate of drug-likeness (QED) is 0.933. The van der Waals surface area contributed by atoms with Crippen LogP contribution >= 0.6 is 22.7 Å². The number of hydrogen-bond donors (Lipinski definition) is 1. The van der Waals surface area contributed by atoms with Crippen LogP contribution in [0.1, 0.15) is 41.4 Å². The van der Waals surface area contributed by atoms with Crippen LogP contribution in [-0.4, -0.2) is 15.5 Å². The first-order chi connectivity index (χ1) is 8.42. The van der Waals surface area contributed by atoms with Crippen molar-refractivity contribution in [1.29, 1.82) is 0 Å². The van der Waals surface area contributed by atoms with E-state index in [-0.39, 0.29) is 5.54 Å². The van der Waals surface area contributed by atoms with Gasteiger partial charge in [-0.1, -0.05) is 0 Å². The highest BCUT2D eigenvalue weighted by molar-refractivity contribution is 7.12. The first-order valence-corrected chi connectivity index (χ1v) is 7.71. The Bertz CT molecular complexity index is 508. The van der Waals surface area contributed by atoms with Crippen LogP contribution in [0.3, 0.4) is 0 Å². The monoisotopic (exact) mass is 281 g/mol. The lowest BCUT2D eigenvalue weighted by Crippen LogP contribution is -2.34. The smallest absolute Gasteiger partial charge is 0.0996 e. The van der Waals surface area contributed by atoms with Gasteiger partial charge < -0.3 is 5.32 Å². The van der Waals surface area contributed by atoms with E-state index >= 15 is 0 Å². The average Bonchev–Trinajstić information content (AvgIpc) is 2.85. The first-order valence-electron chi connectivity index (χ1n) is 6.02. The zero-order valence-corrected chi connectivity index (χ0v) is 12.9. The van der Waals surface area contributed by atoms with E-state index in [9.17, 15) is 0 Å². The van der Waals surface area contributed by atoms with Crippen molar-refractivity contribution in [2.75, 3.05) is 0 Å². The molecule has 0 aromatic carbocycles. The Hall–Kier alpha value is -0.780. The van der Waals surface area contributed by atoms with E-state index in [2.05, 4.69) is 41.4 Å². The van der Waals surface area contributed by atoms with E-state index in [4.69, 9.17) is 0 Å². The molecular weight excluding hydrogens is 262 g/mol. The molecule has 2 aromatic rings. The van der Waals surface area contributed by atoms with Crippen molar-refractivity contribution in [3.63, 3.8) is 0 Å². The fourth-order valence-electron chi connectivity index (χ4n) is 1.48. The summed E-state index contributed by atoms with van der Waals surface area (Å²) in [6, 6.07) is 0. The molecule has 0 aliphatic rings. The lowest BCUT2D eigenvalue weighted by atomic mass is 10.1. The fourth-order valence-corrected chi connectivity index (χ4v) is 3.21. The first kappa shape index (κ1) is 13.6. The molecule has 2 heterocycles. The molecule has 0 saturated carbocycles. The topological polar surface area (TPSA) is 37.8 Å². The molecule has 0 unspecified atom stereocenters. The highest BCUT2D eigenvalue weighted by atomic mass is 32.1. The van der Waals surface area contributed by atoms with E-state index in [0.29, 0.717) is 0 Å². The van der Waals surface area contributed by atoms with E-state index < -0.39 is 0 Å². The summed E-state index contributed by atoms with van der Waals surface area (Å²) < 4.78 is 0. The highest BCUT2D eigenvalue weighted by Gasteiger charge is 2.10. The molecule has 0 saturated heterocycles. The Morgan fingerprint density at radius 2 is 2.06 bits per heavy atom. The number of nitrogens with one attached hydrogen (secondary N) is 1. The zero-order valence-electron chi connectivity index (χ0n) is 11.3. The number of aromatic nitrogens is 2. The molecule has 5 heteroatoms. The third-order valence-corrected chi connectivity index (χ3v) is 4.33. The molecule has 0 aliphatic carbocycles. The number of thiazole rings is 2. The van der Waals surface area contributed by atoms with Gasteiger partial charge in [0.15, 0.2) is 0 Å². The van der Waals surface area contributed by atoms with Crippen molar-refractivity contribution in [3.05, 3.63) is 32.2 Å². The van der Waals surface area contributed by atoms with Crippen LogP contribution in [-0.2, 0) is 13.0 Å². The van der Waals surface area contributed by atoms with Gasteiger partial charge in [0.2, 0.25) is 0 Å². The van der Waals surface area contributed by atoms with Gasteiger partial charge in [-0.25, -0.2) is 9.97 Å². The molecule has 2 aromatic heterocycles. The normalized spacial score (nSPS) is 12.0. The average molecular weight is 281 g/mol. The zero-order chi connectivity index (χ0) is 13.2. The number of hydrogen-bond acceptors (Lipinski definition) is 5. The molecule has 0 bridgehead atoms. The largest absolute Gasteiger partial charge is 0.307 e. The summed E-state index contributed by atoms with van der Waals surface area (Å²) in [6.07, 6.45) is 2.83. The van der Waals surface area contributed by atoms with Gasteiger partial charge in [-0.05, 0) is 27.7 Å². The molecule has 0 fully saturated rings. The van der Waals surface area contributed by atoms with E-state index in [0.717, 1.165) is 28.7 Å². The van der Waals surface area contributed by atoms with E-state index in [1.54, 1.807) is 22.7 Å². The maximum absolute atomic E-state index is 4.47. The Kier molecular flexibility index (Phi) is 4.14. The molecule has 0 spiro atoms. The lowest BCUT2D eigenvalue weighted by Gasteiger charge is -2.19. The second kappa shape index (κ2) is 5.47. The van der Waals surface area contributed by atoms with Crippen molar-refractivity contribution >= 4 is 22.7 Å². The number of aryl methyl sites for hydroxylation is 1. The third kappa shape index (κ3) is 4.15. The van der Waals surface area contributed by atoms with Gasteiger partial charge >= 0.3 is 0 Å². The number of rotatable bonds is 4. The molecule has 3 nitrogen and oxygen atoms in total. The van der Waals surface area contributed by atoms with Gasteiger partial charge in [0.25, 0.3) is 0 Å². The van der Waals surface area contributed by atoms with Crippen molar-refractivity contribution in [3.8, 4) is 0 Å². The second-order valence-electron chi connectivity index (χ2n) is 5.38. The standard InChI is InChI=1S/C13H19N3S2/c1-9-8-17-12(16-9)5-11-14-6-10(18-11)7-15-13(2,3)4/h6,8,15H,5,7H2,1-4H3. The van der Waals surface area contributed by atoms with Gasteiger partial charge in [-0.15, -0.1) is 22.7 Å². The Balaban J connectivity index is 1.94. The highest BCUT2D eigenvalue weighted by Crippen LogP contribution is 2.19. The van der Waals surface area contributed by atoms with E-state index in [1.807, 2.05) is 13.1 Å². The molecule has 0 atom stereocenters. The van der Waals surface area contributed by atoms with Gasteiger partial charge in [0.05, 0.1) is 16.4 Å². The molecule has 0 aliphatic heterocycles. The van der Waals surface area contributed by atoms with Crippen LogP contribution in [0.5, 0.6) is 0 Å². The van der Waals surface area contributed by atoms with Crippen LogP contribution in [0.25, 0.3) is 0 Å². The summed E-state index contributed by atoms with van der Waals surface area (Å²) in [6.45, 7) is 9.44. The minimum atomic E-state index is 0.149. The van der Waals surface area contributed by atoms with E-state index in [1.165, 1.54) is 4.88 Å². The molecule has 0 amide bonds. The van der Waals surface area contributed by atoms with Gasteiger partial charge in [-0.3, -0.25) is 0 Å². The third-order valence-electron chi connectivity index (χ3n) is 2.36.